The van der Waals surface area contributed by atoms with Crippen molar-refractivity contribution in [1.29, 1.82) is 0 Å². The van der Waals surface area contributed by atoms with Gasteiger partial charge in [0.15, 0.2) is 0 Å². The summed E-state index contributed by atoms with van der Waals surface area (Å²) in [6.45, 7) is 1.91. The van der Waals surface area contributed by atoms with Crippen molar-refractivity contribution < 1.29 is 14.3 Å². The van der Waals surface area contributed by atoms with Crippen LogP contribution in [0.25, 0.3) is 0 Å². The van der Waals surface area contributed by atoms with Crippen LogP contribution < -0.4 is 15.8 Å². The summed E-state index contributed by atoms with van der Waals surface area (Å²) in [7, 11) is 1.57. The van der Waals surface area contributed by atoms with Gasteiger partial charge in [-0.2, -0.15) is 0 Å². The van der Waals surface area contributed by atoms with E-state index in [9.17, 15) is 9.59 Å². The normalized spacial score (nSPS) is 12.8. The monoisotopic (exact) mass is 330 g/mol. The van der Waals surface area contributed by atoms with Gasteiger partial charge in [-0.1, -0.05) is 6.07 Å². The highest BCUT2D eigenvalue weighted by atomic mass is 32.1. The maximum atomic E-state index is 12.5. The molecule has 2 amide bonds. The number of methoxy groups -OCH3 is 1. The Morgan fingerprint density at radius 1 is 1.30 bits per heavy atom. The summed E-state index contributed by atoms with van der Waals surface area (Å²) in [6, 6.07) is 5.26. The molecule has 0 atom stereocenters. The molecule has 3 rings (SSSR count). The topological polar surface area (TPSA) is 81.4 Å². The number of hydrogen-bond donors (Lipinski definition) is 2. The Kier molecular flexibility index (Phi) is 4.09. The predicted molar refractivity (Wildman–Crippen MR) is 90.5 cm³/mol. The second-order valence-corrected chi connectivity index (χ2v) is 6.67. The molecule has 0 unspecified atom stereocenters. The Labute approximate surface area is 138 Å². The lowest BCUT2D eigenvalue weighted by Gasteiger charge is -2.09. The van der Waals surface area contributed by atoms with Gasteiger partial charge in [-0.3, -0.25) is 9.59 Å². The Hall–Kier alpha value is -2.34. The van der Waals surface area contributed by atoms with Crippen molar-refractivity contribution >= 4 is 28.2 Å². The van der Waals surface area contributed by atoms with Crippen LogP contribution in [0.15, 0.2) is 18.2 Å². The third-order valence-corrected chi connectivity index (χ3v) is 5.27. The summed E-state index contributed by atoms with van der Waals surface area (Å²) in [5.41, 5.74) is 8.41. The van der Waals surface area contributed by atoms with Crippen molar-refractivity contribution in [2.75, 3.05) is 12.4 Å². The first-order valence-electron chi connectivity index (χ1n) is 7.41. The van der Waals surface area contributed by atoms with Gasteiger partial charge in [-0.05, 0) is 49.4 Å². The van der Waals surface area contributed by atoms with Crippen LogP contribution >= 0.6 is 11.3 Å². The van der Waals surface area contributed by atoms with Gasteiger partial charge in [0.2, 0.25) is 0 Å². The van der Waals surface area contributed by atoms with Gasteiger partial charge in [-0.15, -0.1) is 11.3 Å². The van der Waals surface area contributed by atoms with E-state index in [1.807, 2.05) is 13.0 Å². The fourth-order valence-corrected chi connectivity index (χ4v) is 4.18. The molecule has 120 valence electrons. The fraction of sp³-hybridized carbons (Fsp3) is 0.294. The largest absolute Gasteiger partial charge is 0.496 e. The maximum Gasteiger partial charge on any atom is 0.256 e. The summed E-state index contributed by atoms with van der Waals surface area (Å²) in [5.74, 6) is -0.103. The lowest BCUT2D eigenvalue weighted by atomic mass is 10.1. The highest BCUT2D eigenvalue weighted by molar-refractivity contribution is 7.17. The number of aryl methyl sites for hydroxylation is 2. The molecule has 5 nitrogen and oxygen atoms in total. The number of carbonyl (C=O) groups excluding carboxylic acids is 2. The molecule has 0 aliphatic heterocycles. The fourth-order valence-electron chi connectivity index (χ4n) is 2.89. The van der Waals surface area contributed by atoms with Crippen molar-refractivity contribution in [3.05, 3.63) is 45.3 Å². The number of benzene rings is 1. The van der Waals surface area contributed by atoms with E-state index in [0.717, 1.165) is 35.3 Å². The van der Waals surface area contributed by atoms with E-state index in [0.29, 0.717) is 21.9 Å². The Bertz CT molecular complexity index is 795. The molecule has 1 aromatic carbocycles. The minimum Gasteiger partial charge on any atom is -0.496 e. The first kappa shape index (κ1) is 15.6. The molecule has 3 N–H and O–H groups in total. The molecular formula is C17H18N2O3S. The molecule has 2 aromatic rings. The first-order valence-corrected chi connectivity index (χ1v) is 8.23. The summed E-state index contributed by atoms with van der Waals surface area (Å²) in [5, 5.41) is 3.38. The molecule has 23 heavy (non-hydrogen) atoms. The van der Waals surface area contributed by atoms with Crippen LogP contribution in [0.4, 0.5) is 5.00 Å². The van der Waals surface area contributed by atoms with Crippen molar-refractivity contribution in [2.24, 2.45) is 5.73 Å². The van der Waals surface area contributed by atoms with Crippen LogP contribution in [0, 0.1) is 6.92 Å². The zero-order valence-corrected chi connectivity index (χ0v) is 13.9. The summed E-state index contributed by atoms with van der Waals surface area (Å²) in [6.07, 6.45) is 2.82. The smallest absolute Gasteiger partial charge is 0.256 e. The molecule has 0 saturated heterocycles. The molecule has 6 heteroatoms. The highest BCUT2D eigenvalue weighted by Crippen LogP contribution is 2.39. The number of fused-ring (bicyclic) bond motifs is 1. The minimum atomic E-state index is -0.485. The number of primary amides is 1. The van der Waals surface area contributed by atoms with Crippen LogP contribution in [0.3, 0.4) is 0 Å². The van der Waals surface area contributed by atoms with E-state index in [2.05, 4.69) is 5.32 Å². The number of ether oxygens (including phenoxy) is 1. The van der Waals surface area contributed by atoms with Crippen molar-refractivity contribution in [1.82, 2.24) is 0 Å². The van der Waals surface area contributed by atoms with E-state index >= 15 is 0 Å². The maximum absolute atomic E-state index is 12.5. The van der Waals surface area contributed by atoms with Gasteiger partial charge in [0.25, 0.3) is 11.8 Å². The van der Waals surface area contributed by atoms with Gasteiger partial charge >= 0.3 is 0 Å². The number of carbonyl (C=O) groups is 2. The second kappa shape index (κ2) is 6.04. The van der Waals surface area contributed by atoms with Crippen LogP contribution in [0.1, 0.15) is 43.1 Å². The summed E-state index contributed by atoms with van der Waals surface area (Å²) in [4.78, 5) is 25.4. The van der Waals surface area contributed by atoms with Gasteiger partial charge < -0.3 is 15.8 Å². The summed E-state index contributed by atoms with van der Waals surface area (Å²) < 4.78 is 5.25. The zero-order chi connectivity index (χ0) is 16.6. The second-order valence-electron chi connectivity index (χ2n) is 5.56. The molecule has 0 saturated carbocycles. The molecule has 1 aliphatic carbocycles. The van der Waals surface area contributed by atoms with Crippen molar-refractivity contribution in [3.63, 3.8) is 0 Å². The molecule has 0 spiro atoms. The number of nitrogens with one attached hydrogen (secondary N) is 1. The quantitative estimate of drug-likeness (QED) is 0.904. The molecular weight excluding hydrogens is 312 g/mol. The molecule has 1 heterocycles. The van der Waals surface area contributed by atoms with Gasteiger partial charge in [0.05, 0.1) is 12.7 Å². The molecule has 0 fully saturated rings. The number of amides is 2. The third kappa shape index (κ3) is 2.82. The average molecular weight is 330 g/mol. The number of hydrogen-bond acceptors (Lipinski definition) is 4. The number of anilines is 1. The van der Waals surface area contributed by atoms with Crippen LogP contribution in [0.2, 0.25) is 0 Å². The summed E-state index contributed by atoms with van der Waals surface area (Å²) >= 11 is 1.45. The molecule has 0 bridgehead atoms. The first-order chi connectivity index (χ1) is 11.0. The average Bonchev–Trinajstić information content (AvgIpc) is 3.07. The van der Waals surface area contributed by atoms with E-state index in [1.165, 1.54) is 11.3 Å². The number of nitrogens with two attached hydrogens (primary N) is 1. The predicted octanol–water partition coefficient (Wildman–Crippen LogP) is 2.91. The molecule has 1 aliphatic rings. The standard InChI is InChI=1S/C17H18N2O3S/c1-9-6-7-10(8-12(9)22-2)16(21)19-17-14(15(18)20)11-4-3-5-13(11)23-17/h6-8H,3-5H2,1-2H3,(H2,18,20)(H,19,21). The van der Waals surface area contributed by atoms with Gasteiger partial charge in [0, 0.05) is 10.4 Å². The van der Waals surface area contributed by atoms with E-state index in [-0.39, 0.29) is 5.91 Å². The number of rotatable bonds is 4. The Balaban J connectivity index is 1.90. The lowest BCUT2D eigenvalue weighted by Crippen LogP contribution is -2.18. The Morgan fingerprint density at radius 2 is 2.09 bits per heavy atom. The van der Waals surface area contributed by atoms with Gasteiger partial charge in [-0.25, -0.2) is 0 Å². The van der Waals surface area contributed by atoms with Gasteiger partial charge in [0.1, 0.15) is 10.8 Å². The van der Waals surface area contributed by atoms with Crippen molar-refractivity contribution in [2.45, 2.75) is 26.2 Å². The van der Waals surface area contributed by atoms with E-state index in [1.54, 1.807) is 19.2 Å². The van der Waals surface area contributed by atoms with E-state index < -0.39 is 5.91 Å². The lowest BCUT2D eigenvalue weighted by molar-refractivity contribution is 0.100. The third-order valence-electron chi connectivity index (χ3n) is 4.07. The van der Waals surface area contributed by atoms with Crippen LogP contribution in [0.5, 0.6) is 5.75 Å². The zero-order valence-electron chi connectivity index (χ0n) is 13.1. The van der Waals surface area contributed by atoms with Crippen molar-refractivity contribution in [3.8, 4) is 5.75 Å². The van der Waals surface area contributed by atoms with Crippen LogP contribution in [-0.2, 0) is 12.8 Å². The van der Waals surface area contributed by atoms with E-state index in [4.69, 9.17) is 10.5 Å². The SMILES string of the molecule is COc1cc(C(=O)Nc2sc3c(c2C(N)=O)CCC3)ccc1C. The Morgan fingerprint density at radius 3 is 2.78 bits per heavy atom. The minimum absolute atomic E-state index is 0.272. The van der Waals surface area contributed by atoms with Crippen LogP contribution in [-0.4, -0.2) is 18.9 Å². The highest BCUT2D eigenvalue weighted by Gasteiger charge is 2.26. The molecule has 0 radical (unpaired) electrons. The number of thiophene rings is 1. The molecule has 1 aromatic heterocycles.